The molecular weight excluding hydrogens is 308 g/mol. The Bertz CT molecular complexity index is 809. The number of aromatic hydroxyl groups is 1. The lowest BCUT2D eigenvalue weighted by atomic mass is 9.93. The van der Waals surface area contributed by atoms with E-state index in [2.05, 4.69) is 10.3 Å². The fraction of sp³-hybridized carbons (Fsp3) is 0.333. The zero-order valence-corrected chi connectivity index (χ0v) is 13.5. The van der Waals surface area contributed by atoms with Crippen molar-refractivity contribution >= 4 is 11.6 Å². The van der Waals surface area contributed by atoms with E-state index >= 15 is 0 Å². The number of fused-ring (bicyclic) bond motifs is 1. The summed E-state index contributed by atoms with van der Waals surface area (Å²) in [5.74, 6) is -0.117. The Morgan fingerprint density at radius 1 is 1.25 bits per heavy atom. The lowest BCUT2D eigenvalue weighted by Crippen LogP contribution is -2.26. The maximum Gasteiger partial charge on any atom is 0.265 e. The predicted molar refractivity (Wildman–Crippen MR) is 90.9 cm³/mol. The van der Waals surface area contributed by atoms with E-state index < -0.39 is 11.5 Å². The van der Waals surface area contributed by atoms with E-state index in [4.69, 9.17) is 4.74 Å². The maximum atomic E-state index is 12.4. The number of ether oxygens (including phenoxy) is 1. The van der Waals surface area contributed by atoms with Gasteiger partial charge in [-0.2, -0.15) is 0 Å². The van der Waals surface area contributed by atoms with Crippen molar-refractivity contribution in [3.63, 3.8) is 0 Å². The lowest BCUT2D eigenvalue weighted by molar-refractivity contribution is 0.102. The molecule has 1 aromatic heterocycles. The number of aryl methyl sites for hydroxylation is 1. The van der Waals surface area contributed by atoms with Crippen molar-refractivity contribution in [2.75, 3.05) is 11.9 Å². The molecule has 1 aromatic carbocycles. The monoisotopic (exact) mass is 328 g/mol. The van der Waals surface area contributed by atoms with Crippen LogP contribution in [0.15, 0.2) is 29.1 Å². The first kappa shape index (κ1) is 16.1. The Morgan fingerprint density at radius 2 is 1.96 bits per heavy atom. The average molecular weight is 328 g/mol. The molecule has 0 aliphatic heterocycles. The van der Waals surface area contributed by atoms with Crippen LogP contribution in [0.25, 0.3) is 0 Å². The molecule has 3 rings (SSSR count). The fourth-order valence-electron chi connectivity index (χ4n) is 2.97. The highest BCUT2D eigenvalue weighted by Crippen LogP contribution is 2.29. The molecule has 24 heavy (non-hydrogen) atoms. The highest BCUT2D eigenvalue weighted by molar-refractivity contribution is 6.06. The molecule has 126 valence electrons. The summed E-state index contributed by atoms with van der Waals surface area (Å²) in [7, 11) is 0. The minimum absolute atomic E-state index is 0.197. The van der Waals surface area contributed by atoms with Crippen LogP contribution in [-0.2, 0) is 12.8 Å². The third kappa shape index (κ3) is 3.13. The first-order valence-electron chi connectivity index (χ1n) is 8.11. The van der Waals surface area contributed by atoms with Crippen molar-refractivity contribution in [2.45, 2.75) is 32.6 Å². The Hall–Kier alpha value is -2.76. The van der Waals surface area contributed by atoms with Crippen LogP contribution in [-0.4, -0.2) is 22.6 Å². The number of benzene rings is 1. The number of nitrogens with one attached hydrogen (secondary N) is 2. The summed E-state index contributed by atoms with van der Waals surface area (Å²) in [4.78, 5) is 27.3. The molecule has 1 aliphatic rings. The van der Waals surface area contributed by atoms with E-state index in [1.54, 1.807) is 24.3 Å². The number of aromatic amines is 1. The van der Waals surface area contributed by atoms with Crippen molar-refractivity contribution in [3.05, 3.63) is 51.4 Å². The van der Waals surface area contributed by atoms with Gasteiger partial charge >= 0.3 is 0 Å². The van der Waals surface area contributed by atoms with Crippen molar-refractivity contribution in [2.24, 2.45) is 0 Å². The van der Waals surface area contributed by atoms with Crippen LogP contribution in [0.1, 0.15) is 41.4 Å². The molecule has 0 unspecified atom stereocenters. The first-order valence-corrected chi connectivity index (χ1v) is 8.11. The molecule has 0 saturated carbocycles. The number of carbonyl (C=O) groups is 1. The first-order chi connectivity index (χ1) is 11.6. The van der Waals surface area contributed by atoms with Crippen LogP contribution in [0.3, 0.4) is 0 Å². The smallest absolute Gasteiger partial charge is 0.265 e. The molecule has 2 aromatic rings. The number of H-pyrrole nitrogens is 1. The summed E-state index contributed by atoms with van der Waals surface area (Å²) < 4.78 is 5.34. The van der Waals surface area contributed by atoms with Gasteiger partial charge in [0, 0.05) is 16.9 Å². The van der Waals surface area contributed by atoms with Gasteiger partial charge in [0.1, 0.15) is 17.1 Å². The molecule has 6 nitrogen and oxygen atoms in total. The Balaban J connectivity index is 1.86. The van der Waals surface area contributed by atoms with Gasteiger partial charge in [-0.15, -0.1) is 0 Å². The number of pyridine rings is 1. The number of rotatable bonds is 4. The number of hydrogen-bond acceptors (Lipinski definition) is 4. The van der Waals surface area contributed by atoms with E-state index in [1.165, 1.54) is 0 Å². The number of aromatic nitrogens is 1. The van der Waals surface area contributed by atoms with Gasteiger partial charge in [-0.25, -0.2) is 0 Å². The number of anilines is 1. The molecule has 0 saturated heterocycles. The SMILES string of the molecule is CCOc1ccc(NC(=O)c2c(O)c3c([nH]c2=O)CCCC3)cc1. The van der Waals surface area contributed by atoms with Crippen molar-refractivity contribution in [1.29, 1.82) is 0 Å². The van der Waals surface area contributed by atoms with Gasteiger partial charge in [-0.1, -0.05) is 0 Å². The highest BCUT2D eigenvalue weighted by atomic mass is 16.5. The molecule has 1 aliphatic carbocycles. The quantitative estimate of drug-likeness (QED) is 0.804. The lowest BCUT2D eigenvalue weighted by Gasteiger charge is -2.18. The van der Waals surface area contributed by atoms with Crippen LogP contribution >= 0.6 is 0 Å². The molecule has 0 bridgehead atoms. The van der Waals surface area contributed by atoms with Crippen molar-refractivity contribution in [1.82, 2.24) is 4.98 Å². The Morgan fingerprint density at radius 3 is 2.67 bits per heavy atom. The largest absolute Gasteiger partial charge is 0.507 e. The van der Waals surface area contributed by atoms with E-state index in [1.807, 2.05) is 6.92 Å². The number of carbonyl (C=O) groups excluding carboxylic acids is 1. The second kappa shape index (κ2) is 6.78. The topological polar surface area (TPSA) is 91.4 Å². The minimum Gasteiger partial charge on any atom is -0.507 e. The van der Waals surface area contributed by atoms with Crippen LogP contribution in [0, 0.1) is 0 Å². The average Bonchev–Trinajstić information content (AvgIpc) is 2.57. The Kier molecular flexibility index (Phi) is 4.55. The second-order valence-electron chi connectivity index (χ2n) is 5.75. The summed E-state index contributed by atoms with van der Waals surface area (Å²) in [5, 5.41) is 13.0. The molecule has 1 heterocycles. The fourth-order valence-corrected chi connectivity index (χ4v) is 2.97. The summed E-state index contributed by atoms with van der Waals surface area (Å²) in [6.07, 6.45) is 3.30. The number of hydrogen-bond donors (Lipinski definition) is 3. The molecule has 0 atom stereocenters. The Labute approximate surface area is 139 Å². The van der Waals surface area contributed by atoms with Gasteiger partial charge in [-0.3, -0.25) is 9.59 Å². The molecule has 0 fully saturated rings. The second-order valence-corrected chi connectivity index (χ2v) is 5.75. The summed E-state index contributed by atoms with van der Waals surface area (Å²) >= 11 is 0. The highest BCUT2D eigenvalue weighted by Gasteiger charge is 2.24. The standard InChI is InChI=1S/C18H20N2O4/c1-2-24-12-9-7-11(8-10-12)19-17(22)15-16(21)13-5-3-4-6-14(13)20-18(15)23/h7-10H,2-6H2,1H3,(H,19,22)(H2,20,21,23). The normalized spacial score (nSPS) is 13.2. The maximum absolute atomic E-state index is 12.4. The third-order valence-electron chi connectivity index (χ3n) is 4.13. The molecule has 0 radical (unpaired) electrons. The van der Waals surface area contributed by atoms with Gasteiger partial charge in [0.15, 0.2) is 0 Å². The number of amides is 1. The molecular formula is C18H20N2O4. The molecule has 0 spiro atoms. The van der Waals surface area contributed by atoms with Crippen LogP contribution < -0.4 is 15.6 Å². The van der Waals surface area contributed by atoms with Crippen LogP contribution in [0.4, 0.5) is 5.69 Å². The molecule has 1 amide bonds. The van der Waals surface area contributed by atoms with Crippen molar-refractivity contribution < 1.29 is 14.6 Å². The van der Waals surface area contributed by atoms with Gasteiger partial charge in [0.05, 0.1) is 6.61 Å². The summed E-state index contributed by atoms with van der Waals surface area (Å²) in [6.45, 7) is 2.45. The summed E-state index contributed by atoms with van der Waals surface area (Å²) in [5.41, 5.74) is 1.15. The van der Waals surface area contributed by atoms with E-state index in [0.717, 1.165) is 25.0 Å². The van der Waals surface area contributed by atoms with Crippen LogP contribution in [0.2, 0.25) is 0 Å². The summed E-state index contributed by atoms with van der Waals surface area (Å²) in [6, 6.07) is 6.84. The van der Waals surface area contributed by atoms with E-state index in [0.29, 0.717) is 30.0 Å². The predicted octanol–water partition coefficient (Wildman–Crippen LogP) is 2.61. The van der Waals surface area contributed by atoms with E-state index in [9.17, 15) is 14.7 Å². The molecule has 3 N–H and O–H groups in total. The van der Waals surface area contributed by atoms with Gasteiger partial charge in [0.2, 0.25) is 0 Å². The van der Waals surface area contributed by atoms with Crippen LogP contribution in [0.5, 0.6) is 11.5 Å². The zero-order chi connectivity index (χ0) is 17.1. The zero-order valence-electron chi connectivity index (χ0n) is 13.5. The molecule has 6 heteroatoms. The third-order valence-corrected chi connectivity index (χ3v) is 4.13. The minimum atomic E-state index is -0.619. The van der Waals surface area contributed by atoms with Gasteiger partial charge in [0.25, 0.3) is 11.5 Å². The van der Waals surface area contributed by atoms with Gasteiger partial charge < -0.3 is 20.1 Å². The van der Waals surface area contributed by atoms with Crippen molar-refractivity contribution in [3.8, 4) is 11.5 Å². The van der Waals surface area contributed by atoms with Gasteiger partial charge in [-0.05, 0) is 56.9 Å². The van der Waals surface area contributed by atoms with E-state index in [-0.39, 0.29) is 11.3 Å².